The maximum Gasteiger partial charge on any atom is 0.159 e. The lowest BCUT2D eigenvalue weighted by atomic mass is 10.1. The van der Waals surface area contributed by atoms with Crippen molar-refractivity contribution in [2.24, 2.45) is 0 Å². The van der Waals surface area contributed by atoms with E-state index in [0.29, 0.717) is 6.04 Å². The SMILES string of the molecule is COC=C1CCC(c2cc(C)no2)N1C. The lowest BCUT2D eigenvalue weighted by Crippen LogP contribution is -2.15. The van der Waals surface area contributed by atoms with Crippen LogP contribution in [0.2, 0.25) is 0 Å². The Bertz CT molecular complexity index is 370. The van der Waals surface area contributed by atoms with E-state index in [4.69, 9.17) is 9.26 Å². The maximum absolute atomic E-state index is 5.29. The third kappa shape index (κ3) is 1.84. The quantitative estimate of drug-likeness (QED) is 0.699. The van der Waals surface area contributed by atoms with Crippen molar-refractivity contribution in [3.8, 4) is 0 Å². The predicted molar refractivity (Wildman–Crippen MR) is 56.1 cm³/mol. The zero-order chi connectivity index (χ0) is 10.8. The molecule has 0 saturated carbocycles. The summed E-state index contributed by atoms with van der Waals surface area (Å²) >= 11 is 0. The maximum atomic E-state index is 5.29. The molecule has 0 aliphatic carbocycles. The number of rotatable bonds is 2. The Balaban J connectivity index is 2.17. The molecule has 0 radical (unpaired) electrons. The van der Waals surface area contributed by atoms with Gasteiger partial charge in [-0.1, -0.05) is 5.16 Å². The Hall–Kier alpha value is -1.45. The van der Waals surface area contributed by atoms with Crippen molar-refractivity contribution in [1.82, 2.24) is 10.1 Å². The van der Waals surface area contributed by atoms with Gasteiger partial charge in [-0.3, -0.25) is 0 Å². The molecule has 1 saturated heterocycles. The number of ether oxygens (including phenoxy) is 1. The van der Waals surface area contributed by atoms with E-state index in [9.17, 15) is 0 Å². The summed E-state index contributed by atoms with van der Waals surface area (Å²) in [7, 11) is 3.73. The first-order valence-electron chi connectivity index (χ1n) is 5.10. The average Bonchev–Trinajstić information content (AvgIpc) is 2.76. The lowest BCUT2D eigenvalue weighted by molar-refractivity contribution is 0.260. The van der Waals surface area contributed by atoms with Gasteiger partial charge >= 0.3 is 0 Å². The summed E-state index contributed by atoms with van der Waals surface area (Å²) < 4.78 is 10.3. The molecular weight excluding hydrogens is 192 g/mol. The lowest BCUT2D eigenvalue weighted by Gasteiger charge is -2.19. The number of hydrogen-bond acceptors (Lipinski definition) is 4. The molecule has 15 heavy (non-hydrogen) atoms. The third-order valence-corrected chi connectivity index (χ3v) is 2.82. The van der Waals surface area contributed by atoms with Crippen LogP contribution < -0.4 is 0 Å². The van der Waals surface area contributed by atoms with Gasteiger partial charge in [0.1, 0.15) is 6.26 Å². The third-order valence-electron chi connectivity index (χ3n) is 2.82. The van der Waals surface area contributed by atoms with Gasteiger partial charge in [0.15, 0.2) is 5.76 Å². The van der Waals surface area contributed by atoms with Gasteiger partial charge in [0.2, 0.25) is 0 Å². The van der Waals surface area contributed by atoms with Crippen molar-refractivity contribution in [3.05, 3.63) is 29.5 Å². The van der Waals surface area contributed by atoms with Gasteiger partial charge in [-0.15, -0.1) is 0 Å². The smallest absolute Gasteiger partial charge is 0.159 e. The largest absolute Gasteiger partial charge is 0.503 e. The summed E-state index contributed by atoms with van der Waals surface area (Å²) in [5.74, 6) is 0.939. The molecule has 1 unspecified atom stereocenters. The molecule has 1 aromatic heterocycles. The van der Waals surface area contributed by atoms with Crippen molar-refractivity contribution in [2.75, 3.05) is 14.2 Å². The van der Waals surface area contributed by atoms with Crippen LogP contribution >= 0.6 is 0 Å². The normalized spacial score (nSPS) is 23.8. The highest BCUT2D eigenvalue weighted by atomic mass is 16.5. The Morgan fingerprint density at radius 1 is 1.67 bits per heavy atom. The predicted octanol–water partition coefficient (Wildman–Crippen LogP) is 2.24. The molecule has 1 aromatic rings. The summed E-state index contributed by atoms with van der Waals surface area (Å²) in [6.45, 7) is 1.94. The second kappa shape index (κ2) is 3.96. The molecule has 2 rings (SSSR count). The van der Waals surface area contributed by atoms with E-state index >= 15 is 0 Å². The van der Waals surface area contributed by atoms with Crippen LogP contribution in [0.1, 0.15) is 30.3 Å². The number of allylic oxidation sites excluding steroid dienone is 1. The van der Waals surface area contributed by atoms with Gasteiger partial charge < -0.3 is 14.2 Å². The summed E-state index contributed by atoms with van der Waals surface area (Å²) in [4.78, 5) is 2.18. The van der Waals surface area contributed by atoms with E-state index in [2.05, 4.69) is 17.1 Å². The standard InChI is InChI=1S/C11H16N2O2/c1-8-6-11(15-12-8)10-5-4-9(7-14-3)13(10)2/h6-7,10H,4-5H2,1-3H3. The molecule has 0 N–H and O–H groups in total. The number of aryl methyl sites for hydroxylation is 1. The monoisotopic (exact) mass is 208 g/mol. The van der Waals surface area contributed by atoms with Gasteiger partial charge in [0, 0.05) is 18.8 Å². The van der Waals surface area contributed by atoms with Crippen molar-refractivity contribution in [3.63, 3.8) is 0 Å². The van der Waals surface area contributed by atoms with Crippen LogP contribution in [0.3, 0.4) is 0 Å². The fraction of sp³-hybridized carbons (Fsp3) is 0.545. The van der Waals surface area contributed by atoms with E-state index in [-0.39, 0.29) is 0 Å². The second-order valence-electron chi connectivity index (χ2n) is 3.88. The van der Waals surface area contributed by atoms with Gasteiger partial charge in [-0.05, 0) is 19.8 Å². The minimum atomic E-state index is 0.299. The number of aromatic nitrogens is 1. The van der Waals surface area contributed by atoms with Crippen molar-refractivity contribution >= 4 is 0 Å². The zero-order valence-corrected chi connectivity index (χ0v) is 9.36. The summed E-state index contributed by atoms with van der Waals surface area (Å²) in [5, 5.41) is 3.91. The van der Waals surface area contributed by atoms with Gasteiger partial charge in [-0.25, -0.2) is 0 Å². The van der Waals surface area contributed by atoms with E-state index in [1.807, 2.05) is 13.0 Å². The minimum absolute atomic E-state index is 0.299. The second-order valence-corrected chi connectivity index (χ2v) is 3.88. The Labute approximate surface area is 89.5 Å². The highest BCUT2D eigenvalue weighted by Gasteiger charge is 2.29. The van der Waals surface area contributed by atoms with Crippen LogP contribution in [-0.4, -0.2) is 24.2 Å². The van der Waals surface area contributed by atoms with Crippen molar-refractivity contribution in [2.45, 2.75) is 25.8 Å². The molecular formula is C11H16N2O2. The Morgan fingerprint density at radius 3 is 3.07 bits per heavy atom. The topological polar surface area (TPSA) is 38.5 Å². The summed E-state index contributed by atoms with van der Waals surface area (Å²) in [6, 6.07) is 2.30. The Morgan fingerprint density at radius 2 is 2.47 bits per heavy atom. The van der Waals surface area contributed by atoms with Crippen LogP contribution in [-0.2, 0) is 4.74 Å². The molecule has 4 nitrogen and oxygen atoms in total. The number of nitrogens with zero attached hydrogens (tertiary/aromatic N) is 2. The van der Waals surface area contributed by atoms with Gasteiger partial charge in [0.25, 0.3) is 0 Å². The Kier molecular flexibility index (Phi) is 2.66. The van der Waals surface area contributed by atoms with Crippen molar-refractivity contribution < 1.29 is 9.26 Å². The van der Waals surface area contributed by atoms with Crippen LogP contribution in [0.4, 0.5) is 0 Å². The number of methoxy groups -OCH3 is 1. The molecule has 2 heterocycles. The van der Waals surface area contributed by atoms with Crippen molar-refractivity contribution in [1.29, 1.82) is 0 Å². The van der Waals surface area contributed by atoms with Crippen LogP contribution in [0.25, 0.3) is 0 Å². The van der Waals surface area contributed by atoms with Crippen LogP contribution in [0.5, 0.6) is 0 Å². The van der Waals surface area contributed by atoms with E-state index in [1.165, 1.54) is 5.70 Å². The molecule has 1 fully saturated rings. The van der Waals surface area contributed by atoms with Crippen LogP contribution in [0, 0.1) is 6.92 Å². The zero-order valence-electron chi connectivity index (χ0n) is 9.36. The fourth-order valence-corrected chi connectivity index (χ4v) is 2.01. The number of likely N-dealkylation sites (tertiary alicyclic amines) is 1. The van der Waals surface area contributed by atoms with Gasteiger partial charge in [0.05, 0.1) is 18.8 Å². The van der Waals surface area contributed by atoms with E-state index < -0.39 is 0 Å². The summed E-state index contributed by atoms with van der Waals surface area (Å²) in [6.07, 6.45) is 3.87. The molecule has 0 aromatic carbocycles. The fourth-order valence-electron chi connectivity index (χ4n) is 2.01. The molecule has 0 amide bonds. The first-order valence-corrected chi connectivity index (χ1v) is 5.10. The first-order chi connectivity index (χ1) is 7.22. The van der Waals surface area contributed by atoms with E-state index in [1.54, 1.807) is 13.4 Å². The molecule has 1 aliphatic rings. The molecule has 1 aliphatic heterocycles. The molecule has 1 atom stereocenters. The van der Waals surface area contributed by atoms with Gasteiger partial charge in [-0.2, -0.15) is 0 Å². The minimum Gasteiger partial charge on any atom is -0.503 e. The molecule has 82 valence electrons. The molecule has 0 spiro atoms. The summed E-state index contributed by atoms with van der Waals surface area (Å²) in [5.41, 5.74) is 2.14. The van der Waals surface area contributed by atoms with E-state index in [0.717, 1.165) is 24.3 Å². The highest BCUT2D eigenvalue weighted by Crippen LogP contribution is 2.36. The molecule has 4 heteroatoms. The van der Waals surface area contributed by atoms with Crippen LogP contribution in [0.15, 0.2) is 22.5 Å². The number of hydrogen-bond donors (Lipinski definition) is 0. The highest BCUT2D eigenvalue weighted by molar-refractivity contribution is 5.15. The first kappa shape index (κ1) is 10.1. The molecule has 0 bridgehead atoms. The average molecular weight is 208 g/mol.